The van der Waals surface area contributed by atoms with Gasteiger partial charge in [-0.05, 0) is 25.8 Å². The zero-order chi connectivity index (χ0) is 17.2. The molecule has 1 atom stereocenters. The molecule has 0 spiro atoms. The number of imidazole rings is 1. The second-order valence-electron chi connectivity index (χ2n) is 6.15. The molecule has 4 heterocycles. The Kier molecular flexibility index (Phi) is 4.01. The summed E-state index contributed by atoms with van der Waals surface area (Å²) >= 11 is 0. The minimum Gasteiger partial charge on any atom is -0.469 e. The highest BCUT2D eigenvalue weighted by molar-refractivity contribution is 5.89. The first-order chi connectivity index (χ1) is 12.2. The van der Waals surface area contributed by atoms with E-state index in [2.05, 4.69) is 15.5 Å². The van der Waals surface area contributed by atoms with E-state index in [1.165, 1.54) is 0 Å². The molecule has 1 N–H and O–H groups in total. The molecule has 1 unspecified atom stereocenters. The smallest absolute Gasteiger partial charge is 0.323 e. The molecule has 0 aliphatic carbocycles. The maximum atomic E-state index is 12.6. The second kappa shape index (κ2) is 6.46. The van der Waals surface area contributed by atoms with E-state index >= 15 is 0 Å². The van der Waals surface area contributed by atoms with E-state index in [9.17, 15) is 4.79 Å². The highest BCUT2D eigenvalue weighted by Gasteiger charge is 2.29. The van der Waals surface area contributed by atoms with Gasteiger partial charge in [0.1, 0.15) is 5.76 Å². The summed E-state index contributed by atoms with van der Waals surface area (Å²) in [6.45, 7) is 3.32. The number of furan rings is 1. The van der Waals surface area contributed by atoms with Crippen molar-refractivity contribution in [2.24, 2.45) is 0 Å². The van der Waals surface area contributed by atoms with E-state index in [0.29, 0.717) is 11.6 Å². The lowest BCUT2D eigenvalue weighted by Crippen LogP contribution is -2.40. The Balaban J connectivity index is 1.43. The number of urea groups is 1. The van der Waals surface area contributed by atoms with Gasteiger partial charge in [-0.25, -0.2) is 9.78 Å². The van der Waals surface area contributed by atoms with Crippen LogP contribution in [0.1, 0.15) is 18.6 Å². The molecule has 8 heteroatoms. The van der Waals surface area contributed by atoms with Gasteiger partial charge in [-0.2, -0.15) is 0 Å². The number of nitrogens with one attached hydrogen (secondary N) is 1. The summed E-state index contributed by atoms with van der Waals surface area (Å²) in [4.78, 5) is 18.5. The monoisotopic (exact) mass is 341 g/mol. The van der Waals surface area contributed by atoms with Gasteiger partial charge in [-0.1, -0.05) is 5.16 Å². The van der Waals surface area contributed by atoms with Crippen molar-refractivity contribution in [3.05, 3.63) is 42.9 Å². The van der Waals surface area contributed by atoms with Crippen LogP contribution in [0, 0.1) is 6.92 Å². The van der Waals surface area contributed by atoms with Crippen LogP contribution in [-0.2, 0) is 6.54 Å². The van der Waals surface area contributed by atoms with E-state index in [0.717, 1.165) is 37.3 Å². The third kappa shape index (κ3) is 3.15. The van der Waals surface area contributed by atoms with Crippen molar-refractivity contribution in [1.82, 2.24) is 19.6 Å². The van der Waals surface area contributed by atoms with Crippen molar-refractivity contribution in [3.63, 3.8) is 0 Å². The van der Waals surface area contributed by atoms with Crippen molar-refractivity contribution in [3.8, 4) is 11.3 Å². The molecule has 0 bridgehead atoms. The number of rotatable bonds is 4. The number of amides is 2. The van der Waals surface area contributed by atoms with Crippen LogP contribution in [0.5, 0.6) is 0 Å². The van der Waals surface area contributed by atoms with Crippen molar-refractivity contribution < 1.29 is 13.7 Å². The number of aryl methyl sites for hydroxylation is 1. The standard InChI is InChI=1S/C17H19N5O3/c1-12-14(4-8-24-12)15-9-16(20-25-15)19-17(23)22-6-2-3-13(22)10-21-7-5-18-11-21/h4-5,7-9,11,13H,2-3,6,10H2,1H3,(H,19,20,23). The SMILES string of the molecule is Cc1occc1-c1cc(NC(=O)N2CCCC2Cn2ccnc2)no1. The summed E-state index contributed by atoms with van der Waals surface area (Å²) < 4.78 is 12.6. The molecule has 1 fully saturated rings. The van der Waals surface area contributed by atoms with Crippen molar-refractivity contribution in [2.45, 2.75) is 32.4 Å². The van der Waals surface area contributed by atoms with Gasteiger partial charge in [0.2, 0.25) is 0 Å². The third-order valence-corrected chi connectivity index (χ3v) is 4.49. The van der Waals surface area contributed by atoms with Crippen molar-refractivity contribution in [1.29, 1.82) is 0 Å². The first-order valence-electron chi connectivity index (χ1n) is 8.25. The zero-order valence-corrected chi connectivity index (χ0v) is 13.9. The molecule has 130 valence electrons. The quantitative estimate of drug-likeness (QED) is 0.787. The molecule has 8 nitrogen and oxygen atoms in total. The number of likely N-dealkylation sites (tertiary alicyclic amines) is 1. The zero-order valence-electron chi connectivity index (χ0n) is 13.9. The Hall–Kier alpha value is -3.03. The maximum absolute atomic E-state index is 12.6. The molecule has 2 amide bonds. The first kappa shape index (κ1) is 15.5. The van der Waals surface area contributed by atoms with E-state index in [1.54, 1.807) is 24.9 Å². The summed E-state index contributed by atoms with van der Waals surface area (Å²) in [7, 11) is 0. The minimum absolute atomic E-state index is 0.150. The van der Waals surface area contributed by atoms with Crippen LogP contribution in [0.3, 0.4) is 0 Å². The predicted molar refractivity (Wildman–Crippen MR) is 89.9 cm³/mol. The maximum Gasteiger partial charge on any atom is 0.323 e. The molecule has 0 aromatic carbocycles. The molecule has 0 radical (unpaired) electrons. The van der Waals surface area contributed by atoms with Crippen molar-refractivity contribution in [2.75, 3.05) is 11.9 Å². The number of carbonyl (C=O) groups excluding carboxylic acids is 1. The highest BCUT2D eigenvalue weighted by Crippen LogP contribution is 2.27. The van der Waals surface area contributed by atoms with E-state index < -0.39 is 0 Å². The molecule has 3 aromatic heterocycles. The van der Waals surface area contributed by atoms with Gasteiger partial charge in [-0.3, -0.25) is 5.32 Å². The molecule has 1 aliphatic rings. The third-order valence-electron chi connectivity index (χ3n) is 4.49. The molecule has 1 aliphatic heterocycles. The van der Waals surface area contributed by atoms with Crippen molar-refractivity contribution >= 4 is 11.8 Å². The molecule has 4 rings (SSSR count). The molecule has 1 saturated heterocycles. The van der Waals surface area contributed by atoms with Crippen LogP contribution in [0.4, 0.5) is 10.6 Å². The molecule has 0 saturated carbocycles. The normalized spacial score (nSPS) is 17.2. The Morgan fingerprint density at radius 1 is 1.48 bits per heavy atom. The van der Waals surface area contributed by atoms with E-state index in [4.69, 9.17) is 8.94 Å². The van der Waals surface area contributed by atoms with Crippen LogP contribution in [-0.4, -0.2) is 38.2 Å². The molecular formula is C17H19N5O3. The lowest BCUT2D eigenvalue weighted by Gasteiger charge is -2.24. The van der Waals surface area contributed by atoms with Gasteiger partial charge in [-0.15, -0.1) is 0 Å². The van der Waals surface area contributed by atoms with Gasteiger partial charge >= 0.3 is 6.03 Å². The summed E-state index contributed by atoms with van der Waals surface area (Å²) in [5, 5.41) is 6.76. The Labute approximate surface area is 144 Å². The predicted octanol–water partition coefficient (Wildman–Crippen LogP) is 3.14. The van der Waals surface area contributed by atoms with Crippen LogP contribution in [0.15, 0.2) is 46.1 Å². The van der Waals surface area contributed by atoms with Crippen LogP contribution in [0.2, 0.25) is 0 Å². The topological polar surface area (TPSA) is 89.3 Å². The fourth-order valence-corrected chi connectivity index (χ4v) is 3.21. The molecule has 25 heavy (non-hydrogen) atoms. The number of nitrogens with zero attached hydrogens (tertiary/aromatic N) is 4. The minimum atomic E-state index is -0.161. The lowest BCUT2D eigenvalue weighted by atomic mass is 10.2. The average Bonchev–Trinajstić information content (AvgIpc) is 3.35. The Bertz CT molecular complexity index is 851. The number of aromatic nitrogens is 3. The summed E-state index contributed by atoms with van der Waals surface area (Å²) in [5.74, 6) is 1.71. The van der Waals surface area contributed by atoms with Gasteiger partial charge in [0, 0.05) is 31.5 Å². The highest BCUT2D eigenvalue weighted by atomic mass is 16.5. The Morgan fingerprint density at radius 2 is 2.40 bits per heavy atom. The van der Waals surface area contributed by atoms with Gasteiger partial charge in [0.15, 0.2) is 11.6 Å². The summed E-state index contributed by atoms with van der Waals surface area (Å²) in [6, 6.07) is 3.50. The fraction of sp³-hybridized carbons (Fsp3) is 0.353. The number of anilines is 1. The molecular weight excluding hydrogens is 322 g/mol. The van der Waals surface area contributed by atoms with Gasteiger partial charge < -0.3 is 18.4 Å². The second-order valence-corrected chi connectivity index (χ2v) is 6.15. The number of carbonyl (C=O) groups is 1. The van der Waals surface area contributed by atoms with Crippen LogP contribution >= 0.6 is 0 Å². The lowest BCUT2D eigenvalue weighted by molar-refractivity contribution is 0.201. The summed E-state index contributed by atoms with van der Waals surface area (Å²) in [5.41, 5.74) is 0.826. The van der Waals surface area contributed by atoms with Crippen LogP contribution in [0.25, 0.3) is 11.3 Å². The first-order valence-corrected chi connectivity index (χ1v) is 8.25. The number of hydrogen-bond acceptors (Lipinski definition) is 5. The fourth-order valence-electron chi connectivity index (χ4n) is 3.21. The van der Waals surface area contributed by atoms with E-state index in [1.807, 2.05) is 28.7 Å². The van der Waals surface area contributed by atoms with E-state index in [-0.39, 0.29) is 12.1 Å². The Morgan fingerprint density at radius 3 is 3.16 bits per heavy atom. The molecule has 3 aromatic rings. The number of hydrogen-bond donors (Lipinski definition) is 1. The summed E-state index contributed by atoms with van der Waals surface area (Å²) in [6.07, 6.45) is 8.98. The van der Waals surface area contributed by atoms with Gasteiger partial charge in [0.05, 0.1) is 24.2 Å². The van der Waals surface area contributed by atoms with Crippen LogP contribution < -0.4 is 5.32 Å². The largest absolute Gasteiger partial charge is 0.469 e. The average molecular weight is 341 g/mol. The van der Waals surface area contributed by atoms with Gasteiger partial charge in [0.25, 0.3) is 0 Å².